The Morgan fingerprint density at radius 3 is 3.00 bits per heavy atom. The number of anilines is 1. The number of aryl methyl sites for hydroxylation is 1. The summed E-state index contributed by atoms with van der Waals surface area (Å²) < 4.78 is 1.92. The molecule has 2 aromatic rings. The Hall–Kier alpha value is -1.69. The molecule has 0 bridgehead atoms. The minimum absolute atomic E-state index is 0.653. The van der Waals surface area contributed by atoms with Crippen LogP contribution in [0.5, 0.6) is 0 Å². The first-order valence-electron chi connectivity index (χ1n) is 6.42. The minimum atomic E-state index is 0.653. The van der Waals surface area contributed by atoms with Crippen LogP contribution >= 0.6 is 0 Å². The van der Waals surface area contributed by atoms with Gasteiger partial charge in [0.15, 0.2) is 5.65 Å². The molecule has 0 saturated heterocycles. The van der Waals surface area contributed by atoms with Crippen molar-refractivity contribution in [3.05, 3.63) is 12.4 Å². The van der Waals surface area contributed by atoms with Crippen LogP contribution in [-0.4, -0.2) is 39.9 Å². The summed E-state index contributed by atoms with van der Waals surface area (Å²) in [5.41, 5.74) is 0.759. The molecule has 0 aromatic carbocycles. The van der Waals surface area contributed by atoms with E-state index in [1.807, 2.05) is 24.1 Å². The molecule has 2 N–H and O–H groups in total. The largest absolute Gasteiger partial charge is 0.354 e. The highest BCUT2D eigenvalue weighted by Gasteiger charge is 2.03. The molecule has 18 heavy (non-hydrogen) atoms. The Balaban J connectivity index is 2.02. The number of nitrogens with one attached hydrogen (secondary N) is 2. The van der Waals surface area contributed by atoms with E-state index in [1.165, 1.54) is 0 Å². The van der Waals surface area contributed by atoms with E-state index in [9.17, 15) is 0 Å². The van der Waals surface area contributed by atoms with E-state index < -0.39 is 0 Å². The molecule has 0 amide bonds. The summed E-state index contributed by atoms with van der Waals surface area (Å²) in [6.45, 7) is 4.90. The van der Waals surface area contributed by atoms with Gasteiger partial charge in [0.05, 0.1) is 5.39 Å². The zero-order chi connectivity index (χ0) is 12.8. The van der Waals surface area contributed by atoms with E-state index in [1.54, 1.807) is 0 Å². The van der Waals surface area contributed by atoms with E-state index in [4.69, 9.17) is 0 Å². The van der Waals surface area contributed by atoms with E-state index >= 15 is 0 Å². The Morgan fingerprint density at radius 1 is 1.33 bits per heavy atom. The number of nitrogens with zero attached hydrogens (tertiary/aromatic N) is 4. The molecule has 2 rings (SSSR count). The van der Waals surface area contributed by atoms with Crippen LogP contribution in [-0.2, 0) is 6.54 Å². The summed E-state index contributed by atoms with van der Waals surface area (Å²) in [6, 6.07) is 0. The van der Waals surface area contributed by atoms with E-state index in [0.717, 1.165) is 43.5 Å². The Labute approximate surface area is 107 Å². The van der Waals surface area contributed by atoms with Gasteiger partial charge >= 0.3 is 0 Å². The summed E-state index contributed by atoms with van der Waals surface area (Å²) in [7, 11) is 1.95. The molecule has 0 aliphatic rings. The molecular weight excluding hydrogens is 228 g/mol. The summed E-state index contributed by atoms with van der Waals surface area (Å²) in [6.07, 6.45) is 5.92. The maximum absolute atomic E-state index is 4.42. The molecule has 0 aliphatic carbocycles. The van der Waals surface area contributed by atoms with Crippen LogP contribution in [0.3, 0.4) is 0 Å². The van der Waals surface area contributed by atoms with Gasteiger partial charge in [-0.1, -0.05) is 6.92 Å². The zero-order valence-corrected chi connectivity index (χ0v) is 11.0. The maximum Gasteiger partial charge on any atom is 0.224 e. The van der Waals surface area contributed by atoms with Crippen LogP contribution in [0.25, 0.3) is 11.0 Å². The lowest BCUT2D eigenvalue weighted by Crippen LogP contribution is -2.13. The molecule has 98 valence electrons. The third-order valence-electron chi connectivity index (χ3n) is 2.65. The summed E-state index contributed by atoms with van der Waals surface area (Å²) in [5.74, 6) is 0.653. The fraction of sp³-hybridized carbons (Fsp3) is 0.583. The average molecular weight is 248 g/mol. The Bertz CT molecular complexity index is 492. The number of aromatic nitrogens is 4. The fourth-order valence-electron chi connectivity index (χ4n) is 1.76. The molecule has 2 heterocycles. The highest BCUT2D eigenvalue weighted by atomic mass is 15.3. The second-order valence-corrected chi connectivity index (χ2v) is 4.25. The van der Waals surface area contributed by atoms with Crippen LogP contribution < -0.4 is 10.6 Å². The molecule has 2 aromatic heterocycles. The predicted octanol–water partition coefficient (Wildman–Crippen LogP) is 1.26. The highest BCUT2D eigenvalue weighted by molar-refractivity contribution is 5.73. The predicted molar refractivity (Wildman–Crippen MR) is 72.6 cm³/mol. The number of fused-ring (bicyclic) bond motifs is 1. The topological polar surface area (TPSA) is 67.7 Å². The fourth-order valence-corrected chi connectivity index (χ4v) is 1.76. The first-order chi connectivity index (χ1) is 8.83. The lowest BCUT2D eigenvalue weighted by atomic mass is 10.4. The van der Waals surface area contributed by atoms with Crippen LogP contribution in [0, 0.1) is 0 Å². The average Bonchev–Trinajstić information content (AvgIpc) is 2.76. The standard InChI is InChI=1S/C12H20N6/c1-3-7-18-9-10-8-15-12(16-11(10)17-18)14-6-4-5-13-2/h8-9,13H,3-7H2,1-2H3,(H,14,16,17). The summed E-state index contributed by atoms with van der Waals surface area (Å²) in [4.78, 5) is 8.68. The molecule has 6 heteroatoms. The molecular formula is C12H20N6. The minimum Gasteiger partial charge on any atom is -0.354 e. The summed E-state index contributed by atoms with van der Waals surface area (Å²) in [5, 5.41) is 11.7. The van der Waals surface area contributed by atoms with Crippen molar-refractivity contribution in [2.75, 3.05) is 25.5 Å². The van der Waals surface area contributed by atoms with Gasteiger partial charge in [-0.05, 0) is 26.4 Å². The monoisotopic (exact) mass is 248 g/mol. The van der Waals surface area contributed by atoms with Gasteiger partial charge in [-0.2, -0.15) is 10.1 Å². The zero-order valence-electron chi connectivity index (χ0n) is 11.0. The second-order valence-electron chi connectivity index (χ2n) is 4.25. The Morgan fingerprint density at radius 2 is 2.22 bits per heavy atom. The third kappa shape index (κ3) is 3.16. The van der Waals surface area contributed by atoms with Crippen molar-refractivity contribution in [3.8, 4) is 0 Å². The van der Waals surface area contributed by atoms with Crippen molar-refractivity contribution < 1.29 is 0 Å². The van der Waals surface area contributed by atoms with Crippen LogP contribution in [0.2, 0.25) is 0 Å². The van der Waals surface area contributed by atoms with Crippen LogP contribution in [0.4, 0.5) is 5.95 Å². The quantitative estimate of drug-likeness (QED) is 0.722. The summed E-state index contributed by atoms with van der Waals surface area (Å²) >= 11 is 0. The molecule has 0 aliphatic heterocycles. The molecule has 0 unspecified atom stereocenters. The van der Waals surface area contributed by atoms with E-state index in [-0.39, 0.29) is 0 Å². The van der Waals surface area contributed by atoms with Gasteiger partial charge in [0.25, 0.3) is 0 Å². The second kappa shape index (κ2) is 6.30. The lowest BCUT2D eigenvalue weighted by molar-refractivity contribution is 0.607. The molecule has 0 fully saturated rings. The van der Waals surface area contributed by atoms with Gasteiger partial charge in [0.2, 0.25) is 5.95 Å². The molecule has 0 spiro atoms. The number of hydrogen-bond donors (Lipinski definition) is 2. The van der Waals surface area contributed by atoms with Gasteiger partial charge in [-0.3, -0.25) is 4.68 Å². The molecule has 6 nitrogen and oxygen atoms in total. The smallest absolute Gasteiger partial charge is 0.224 e. The lowest BCUT2D eigenvalue weighted by Gasteiger charge is -2.03. The first kappa shape index (κ1) is 12.8. The van der Waals surface area contributed by atoms with Crippen molar-refractivity contribution in [1.82, 2.24) is 25.1 Å². The number of rotatable bonds is 7. The number of hydrogen-bond acceptors (Lipinski definition) is 5. The van der Waals surface area contributed by atoms with E-state index in [0.29, 0.717) is 5.95 Å². The normalized spacial score (nSPS) is 11.0. The third-order valence-corrected chi connectivity index (χ3v) is 2.65. The van der Waals surface area contributed by atoms with Crippen LogP contribution in [0.1, 0.15) is 19.8 Å². The maximum atomic E-state index is 4.42. The Kier molecular flexibility index (Phi) is 4.46. The van der Waals surface area contributed by atoms with Gasteiger partial charge in [0.1, 0.15) is 0 Å². The van der Waals surface area contributed by atoms with Gasteiger partial charge in [-0.15, -0.1) is 0 Å². The van der Waals surface area contributed by atoms with E-state index in [2.05, 4.69) is 32.6 Å². The first-order valence-corrected chi connectivity index (χ1v) is 6.42. The molecule has 0 saturated carbocycles. The van der Waals surface area contributed by atoms with Gasteiger partial charge < -0.3 is 10.6 Å². The van der Waals surface area contributed by atoms with Crippen molar-refractivity contribution in [1.29, 1.82) is 0 Å². The molecule has 0 radical (unpaired) electrons. The van der Waals surface area contributed by atoms with Crippen molar-refractivity contribution in [3.63, 3.8) is 0 Å². The SMILES string of the molecule is CCCn1cc2cnc(NCCCNC)nc2n1. The van der Waals surface area contributed by atoms with Crippen molar-refractivity contribution in [2.24, 2.45) is 0 Å². The van der Waals surface area contributed by atoms with Crippen LogP contribution in [0.15, 0.2) is 12.4 Å². The van der Waals surface area contributed by atoms with Crippen molar-refractivity contribution in [2.45, 2.75) is 26.3 Å². The van der Waals surface area contributed by atoms with Crippen molar-refractivity contribution >= 4 is 17.0 Å². The van der Waals surface area contributed by atoms with Gasteiger partial charge in [0, 0.05) is 25.5 Å². The molecule has 0 atom stereocenters. The highest BCUT2D eigenvalue weighted by Crippen LogP contribution is 2.10. The van der Waals surface area contributed by atoms with Gasteiger partial charge in [-0.25, -0.2) is 4.98 Å².